The molecule has 0 bridgehead atoms. The van der Waals surface area contributed by atoms with Crippen molar-refractivity contribution in [2.45, 2.75) is 31.6 Å². The number of benzene rings is 1. The van der Waals surface area contributed by atoms with Crippen LogP contribution in [0.25, 0.3) is 0 Å². The molecule has 4 rings (SSSR count). The molecule has 3 heterocycles. The number of carbonyl (C=O) groups is 1. The molecular weight excluding hydrogens is 318 g/mol. The SMILES string of the molecule is Cc1nc(CCN2CCCC3(C2)C(=O)N(C)c2ccccc23)cs1. The Morgan fingerprint density at radius 2 is 2.17 bits per heavy atom. The Morgan fingerprint density at radius 1 is 1.33 bits per heavy atom. The van der Waals surface area contributed by atoms with Crippen LogP contribution >= 0.6 is 11.3 Å². The number of fused-ring (bicyclic) bond motifs is 2. The van der Waals surface area contributed by atoms with Crippen LogP contribution in [0, 0.1) is 6.92 Å². The molecule has 0 radical (unpaired) electrons. The van der Waals surface area contributed by atoms with Crippen LogP contribution in [0.2, 0.25) is 0 Å². The van der Waals surface area contributed by atoms with Crippen molar-refractivity contribution in [2.24, 2.45) is 0 Å². The van der Waals surface area contributed by atoms with E-state index in [0.29, 0.717) is 0 Å². The molecule has 1 aromatic heterocycles. The molecule has 1 aromatic carbocycles. The van der Waals surface area contributed by atoms with E-state index in [9.17, 15) is 4.79 Å². The van der Waals surface area contributed by atoms with Crippen LogP contribution in [0.3, 0.4) is 0 Å². The van der Waals surface area contributed by atoms with E-state index in [1.54, 1.807) is 11.3 Å². The first kappa shape index (κ1) is 15.8. The van der Waals surface area contributed by atoms with Gasteiger partial charge in [0.25, 0.3) is 0 Å². The van der Waals surface area contributed by atoms with Gasteiger partial charge in [0.1, 0.15) is 0 Å². The molecule has 2 aromatic rings. The number of hydrogen-bond donors (Lipinski definition) is 0. The number of rotatable bonds is 3. The summed E-state index contributed by atoms with van der Waals surface area (Å²) in [5, 5.41) is 3.28. The van der Waals surface area contributed by atoms with Gasteiger partial charge in [-0.05, 0) is 37.9 Å². The second-order valence-corrected chi connectivity index (χ2v) is 8.01. The zero-order chi connectivity index (χ0) is 16.7. The third-order valence-electron chi connectivity index (χ3n) is 5.42. The largest absolute Gasteiger partial charge is 0.314 e. The molecule has 1 spiro atoms. The standard InChI is InChI=1S/C19H23N3OS/c1-14-20-15(12-24-14)8-11-22-10-5-9-19(13-22)16-6-3-4-7-17(16)21(2)18(19)23/h3-4,6-7,12H,5,8-11,13H2,1-2H3. The maximum absolute atomic E-state index is 13.1. The van der Waals surface area contributed by atoms with Gasteiger partial charge in [0, 0.05) is 37.6 Å². The number of likely N-dealkylation sites (N-methyl/N-ethyl adjacent to an activating group) is 1. The molecule has 0 N–H and O–H groups in total. The van der Waals surface area contributed by atoms with Crippen molar-refractivity contribution in [1.82, 2.24) is 9.88 Å². The Morgan fingerprint density at radius 3 is 2.96 bits per heavy atom. The summed E-state index contributed by atoms with van der Waals surface area (Å²) < 4.78 is 0. The average Bonchev–Trinajstić information content (AvgIpc) is 3.11. The van der Waals surface area contributed by atoms with E-state index >= 15 is 0 Å². The number of carbonyl (C=O) groups excluding carboxylic acids is 1. The summed E-state index contributed by atoms with van der Waals surface area (Å²) >= 11 is 1.71. The van der Waals surface area contributed by atoms with Crippen molar-refractivity contribution in [1.29, 1.82) is 0 Å². The number of hydrogen-bond acceptors (Lipinski definition) is 4. The van der Waals surface area contributed by atoms with Crippen LogP contribution in [-0.2, 0) is 16.6 Å². The van der Waals surface area contributed by atoms with Gasteiger partial charge in [-0.2, -0.15) is 0 Å². The van der Waals surface area contributed by atoms with Gasteiger partial charge >= 0.3 is 0 Å². The molecule has 1 saturated heterocycles. The lowest BCUT2D eigenvalue weighted by Crippen LogP contribution is -2.51. The highest BCUT2D eigenvalue weighted by atomic mass is 32.1. The number of piperidine rings is 1. The van der Waals surface area contributed by atoms with Crippen LogP contribution in [0.1, 0.15) is 29.1 Å². The number of aromatic nitrogens is 1. The Kier molecular flexibility index (Phi) is 3.93. The Labute approximate surface area is 147 Å². The Bertz CT molecular complexity index is 771. The van der Waals surface area contributed by atoms with E-state index in [1.807, 2.05) is 24.9 Å². The highest BCUT2D eigenvalue weighted by Crippen LogP contribution is 2.46. The van der Waals surface area contributed by atoms with E-state index in [4.69, 9.17) is 0 Å². The summed E-state index contributed by atoms with van der Waals surface area (Å²) in [6.45, 7) is 4.93. The normalized spacial score (nSPS) is 23.9. The van der Waals surface area contributed by atoms with Gasteiger partial charge in [-0.25, -0.2) is 4.98 Å². The van der Waals surface area contributed by atoms with Gasteiger partial charge in [0.2, 0.25) is 5.91 Å². The lowest BCUT2D eigenvalue weighted by Gasteiger charge is -2.39. The molecule has 1 fully saturated rings. The van der Waals surface area contributed by atoms with Crippen LogP contribution in [-0.4, -0.2) is 42.5 Å². The van der Waals surface area contributed by atoms with Crippen molar-refractivity contribution in [3.63, 3.8) is 0 Å². The van der Waals surface area contributed by atoms with Crippen molar-refractivity contribution in [3.05, 3.63) is 45.9 Å². The van der Waals surface area contributed by atoms with Crippen LogP contribution in [0.5, 0.6) is 0 Å². The zero-order valence-electron chi connectivity index (χ0n) is 14.3. The predicted octanol–water partition coefficient (Wildman–Crippen LogP) is 3.00. The molecule has 24 heavy (non-hydrogen) atoms. The first-order valence-electron chi connectivity index (χ1n) is 8.61. The first-order chi connectivity index (χ1) is 11.6. The monoisotopic (exact) mass is 341 g/mol. The van der Waals surface area contributed by atoms with Crippen LogP contribution in [0.15, 0.2) is 29.6 Å². The minimum Gasteiger partial charge on any atom is -0.314 e. The third kappa shape index (κ3) is 2.47. The minimum atomic E-state index is -0.346. The fourth-order valence-corrected chi connectivity index (χ4v) is 4.89. The second-order valence-electron chi connectivity index (χ2n) is 6.95. The fourth-order valence-electron chi connectivity index (χ4n) is 4.24. The number of thiazole rings is 1. The molecule has 0 saturated carbocycles. The number of amides is 1. The maximum atomic E-state index is 13.1. The molecule has 0 aliphatic carbocycles. The minimum absolute atomic E-state index is 0.262. The van der Waals surface area contributed by atoms with Crippen molar-refractivity contribution >= 4 is 22.9 Å². The second kappa shape index (κ2) is 5.97. The van der Waals surface area contributed by atoms with Crippen LogP contribution in [0.4, 0.5) is 5.69 Å². The first-order valence-corrected chi connectivity index (χ1v) is 9.49. The topological polar surface area (TPSA) is 36.4 Å². The smallest absolute Gasteiger partial charge is 0.238 e. The van der Waals surface area contributed by atoms with Gasteiger partial charge in [-0.1, -0.05) is 18.2 Å². The number of nitrogens with zero attached hydrogens (tertiary/aromatic N) is 3. The maximum Gasteiger partial charge on any atom is 0.238 e. The summed E-state index contributed by atoms with van der Waals surface area (Å²) in [6, 6.07) is 8.29. The van der Waals surface area contributed by atoms with Crippen LogP contribution < -0.4 is 4.90 Å². The van der Waals surface area contributed by atoms with Gasteiger partial charge < -0.3 is 9.80 Å². The van der Waals surface area contributed by atoms with Crippen molar-refractivity contribution in [3.8, 4) is 0 Å². The van der Waals surface area contributed by atoms with Crippen molar-refractivity contribution < 1.29 is 4.79 Å². The van der Waals surface area contributed by atoms with E-state index < -0.39 is 0 Å². The highest BCUT2D eigenvalue weighted by molar-refractivity contribution is 7.09. The lowest BCUT2D eigenvalue weighted by molar-refractivity contribution is -0.124. The van der Waals surface area contributed by atoms with E-state index in [0.717, 1.165) is 49.6 Å². The number of anilines is 1. The summed E-state index contributed by atoms with van der Waals surface area (Å²) in [6.07, 6.45) is 3.00. The van der Waals surface area contributed by atoms with E-state index in [-0.39, 0.29) is 11.3 Å². The molecule has 4 nitrogen and oxygen atoms in total. The highest BCUT2D eigenvalue weighted by Gasteiger charge is 2.51. The molecule has 1 atom stereocenters. The predicted molar refractivity (Wildman–Crippen MR) is 97.8 cm³/mol. The number of likely N-dealkylation sites (tertiary alicyclic amines) is 1. The van der Waals surface area contributed by atoms with E-state index in [2.05, 4.69) is 33.5 Å². The Hall–Kier alpha value is -1.72. The van der Waals surface area contributed by atoms with Crippen molar-refractivity contribution in [2.75, 3.05) is 31.6 Å². The Balaban J connectivity index is 1.55. The number of para-hydroxylation sites is 1. The van der Waals surface area contributed by atoms with Gasteiger partial charge in [0.15, 0.2) is 0 Å². The average molecular weight is 341 g/mol. The molecule has 1 unspecified atom stereocenters. The summed E-state index contributed by atoms with van der Waals surface area (Å²) in [7, 11) is 1.91. The fraction of sp³-hybridized carbons (Fsp3) is 0.474. The summed E-state index contributed by atoms with van der Waals surface area (Å²) in [4.78, 5) is 21.9. The van der Waals surface area contributed by atoms with E-state index in [1.165, 1.54) is 11.3 Å². The van der Waals surface area contributed by atoms with Gasteiger partial charge in [-0.15, -0.1) is 11.3 Å². The van der Waals surface area contributed by atoms with Gasteiger partial charge in [0.05, 0.1) is 16.1 Å². The molecule has 2 aliphatic rings. The molecular formula is C19H23N3OS. The quantitative estimate of drug-likeness (QED) is 0.861. The molecule has 1 amide bonds. The molecule has 126 valence electrons. The lowest BCUT2D eigenvalue weighted by atomic mass is 9.75. The summed E-state index contributed by atoms with van der Waals surface area (Å²) in [5.41, 5.74) is 3.13. The summed E-state index contributed by atoms with van der Waals surface area (Å²) in [5.74, 6) is 0.262. The molecule has 2 aliphatic heterocycles. The zero-order valence-corrected chi connectivity index (χ0v) is 15.1. The van der Waals surface area contributed by atoms with Gasteiger partial charge in [-0.3, -0.25) is 4.79 Å². The molecule has 5 heteroatoms. The third-order valence-corrected chi connectivity index (χ3v) is 6.24. The number of aryl methyl sites for hydroxylation is 1.